The fourth-order valence-electron chi connectivity index (χ4n) is 1.64. The molecule has 1 aliphatic heterocycles. The van der Waals surface area contributed by atoms with E-state index in [1.807, 2.05) is 7.05 Å². The van der Waals surface area contributed by atoms with Crippen LogP contribution in [0.25, 0.3) is 0 Å². The summed E-state index contributed by atoms with van der Waals surface area (Å²) in [4.78, 5) is 2.21. The van der Waals surface area contributed by atoms with Crippen LogP contribution in [0, 0.1) is 0 Å². The normalized spacial score (nSPS) is 33.6. The molecular formula is C8H17NO2S. The van der Waals surface area contributed by atoms with E-state index < -0.39 is 9.84 Å². The average molecular weight is 191 g/mol. The number of likely N-dealkylation sites (tertiary alicyclic amines) is 1. The van der Waals surface area contributed by atoms with Crippen molar-refractivity contribution in [3.8, 4) is 0 Å². The van der Waals surface area contributed by atoms with Crippen molar-refractivity contribution in [3.05, 3.63) is 0 Å². The highest BCUT2D eigenvalue weighted by atomic mass is 32.2. The lowest BCUT2D eigenvalue weighted by atomic mass is 10.0. The zero-order chi connectivity index (χ0) is 9.35. The topological polar surface area (TPSA) is 37.4 Å². The number of rotatable bonds is 1. The first kappa shape index (κ1) is 9.99. The van der Waals surface area contributed by atoms with Gasteiger partial charge in [0.15, 0.2) is 0 Å². The summed E-state index contributed by atoms with van der Waals surface area (Å²) < 4.78 is 22.4. The largest absolute Gasteiger partial charge is 0.304 e. The van der Waals surface area contributed by atoms with Crippen LogP contribution >= 0.6 is 0 Å². The summed E-state index contributed by atoms with van der Waals surface area (Å²) >= 11 is 0. The maximum atomic E-state index is 11.2. The Morgan fingerprint density at radius 3 is 2.42 bits per heavy atom. The van der Waals surface area contributed by atoms with Crippen LogP contribution in [0.15, 0.2) is 0 Å². The van der Waals surface area contributed by atoms with Crippen LogP contribution < -0.4 is 0 Å². The van der Waals surface area contributed by atoms with Gasteiger partial charge in [-0.3, -0.25) is 0 Å². The number of hydrogen-bond acceptors (Lipinski definition) is 3. The first-order valence-corrected chi connectivity index (χ1v) is 6.26. The van der Waals surface area contributed by atoms with Crippen LogP contribution in [0.5, 0.6) is 0 Å². The van der Waals surface area contributed by atoms with Crippen molar-refractivity contribution < 1.29 is 8.42 Å². The molecule has 0 amide bonds. The van der Waals surface area contributed by atoms with Crippen LogP contribution in [0.4, 0.5) is 0 Å². The Balaban J connectivity index is 2.64. The van der Waals surface area contributed by atoms with Gasteiger partial charge in [0.25, 0.3) is 0 Å². The van der Waals surface area contributed by atoms with Gasteiger partial charge in [0, 0.05) is 12.3 Å². The third kappa shape index (κ3) is 2.20. The van der Waals surface area contributed by atoms with Gasteiger partial charge in [0.2, 0.25) is 0 Å². The maximum absolute atomic E-state index is 11.2. The van der Waals surface area contributed by atoms with E-state index in [9.17, 15) is 8.42 Å². The van der Waals surface area contributed by atoms with Crippen molar-refractivity contribution in [2.24, 2.45) is 0 Å². The number of nitrogens with zero attached hydrogens (tertiary/aromatic N) is 1. The molecule has 3 nitrogen and oxygen atoms in total. The molecule has 2 atom stereocenters. The summed E-state index contributed by atoms with van der Waals surface area (Å²) in [5.74, 6) is 0. The van der Waals surface area contributed by atoms with Gasteiger partial charge in [0.1, 0.15) is 9.84 Å². The van der Waals surface area contributed by atoms with E-state index in [4.69, 9.17) is 0 Å². The lowest BCUT2D eigenvalue weighted by Crippen LogP contribution is -2.42. The summed E-state index contributed by atoms with van der Waals surface area (Å²) in [5.41, 5.74) is 0. The number of piperidine rings is 1. The number of sulfone groups is 1. The van der Waals surface area contributed by atoms with E-state index in [2.05, 4.69) is 11.8 Å². The first-order chi connectivity index (χ1) is 5.41. The summed E-state index contributed by atoms with van der Waals surface area (Å²) in [5, 5.41) is -0.108. The second-order valence-electron chi connectivity index (χ2n) is 3.81. The molecule has 0 aromatic carbocycles. The van der Waals surface area contributed by atoms with Gasteiger partial charge in [0.05, 0.1) is 5.25 Å². The van der Waals surface area contributed by atoms with E-state index in [0.717, 1.165) is 19.4 Å². The Morgan fingerprint density at radius 2 is 2.00 bits per heavy atom. The molecule has 0 aromatic heterocycles. The van der Waals surface area contributed by atoms with E-state index >= 15 is 0 Å². The molecule has 1 saturated heterocycles. The summed E-state index contributed by atoms with van der Waals surface area (Å²) in [6.07, 6.45) is 2.92. The highest BCUT2D eigenvalue weighted by Crippen LogP contribution is 2.20. The first-order valence-electron chi connectivity index (χ1n) is 4.30. The van der Waals surface area contributed by atoms with E-state index in [-0.39, 0.29) is 5.25 Å². The minimum atomic E-state index is -2.81. The Morgan fingerprint density at radius 1 is 1.42 bits per heavy atom. The molecule has 0 aromatic rings. The van der Waals surface area contributed by atoms with Crippen molar-refractivity contribution >= 4 is 9.84 Å². The van der Waals surface area contributed by atoms with Crippen molar-refractivity contribution in [2.45, 2.75) is 31.1 Å². The lowest BCUT2D eigenvalue weighted by molar-refractivity contribution is 0.202. The lowest BCUT2D eigenvalue weighted by Gasteiger charge is -2.33. The molecular weight excluding hydrogens is 174 g/mol. The van der Waals surface area contributed by atoms with Crippen molar-refractivity contribution in [3.63, 3.8) is 0 Å². The molecule has 12 heavy (non-hydrogen) atoms. The molecule has 72 valence electrons. The van der Waals surface area contributed by atoms with Gasteiger partial charge < -0.3 is 4.90 Å². The monoisotopic (exact) mass is 191 g/mol. The molecule has 4 heteroatoms. The highest BCUT2D eigenvalue weighted by molar-refractivity contribution is 7.91. The van der Waals surface area contributed by atoms with Gasteiger partial charge in [-0.15, -0.1) is 0 Å². The molecule has 0 N–H and O–H groups in total. The minimum Gasteiger partial charge on any atom is -0.304 e. The van der Waals surface area contributed by atoms with Crippen molar-refractivity contribution in [1.82, 2.24) is 4.90 Å². The Labute approximate surface area is 74.7 Å². The molecule has 1 aliphatic rings. The SMILES string of the molecule is C[C@@H]1CC(S(C)(=O)=O)CCN1C. The van der Waals surface area contributed by atoms with Gasteiger partial charge in [-0.05, 0) is 33.4 Å². The fourth-order valence-corrected chi connectivity index (χ4v) is 2.80. The second kappa shape index (κ2) is 3.34. The van der Waals surface area contributed by atoms with Crippen molar-refractivity contribution in [1.29, 1.82) is 0 Å². The third-order valence-electron chi connectivity index (χ3n) is 2.77. The predicted molar refractivity (Wildman–Crippen MR) is 50.0 cm³/mol. The standard InChI is InChI=1S/C8H17NO2S/c1-7-6-8(12(3,10)11)4-5-9(7)2/h7-8H,4-6H2,1-3H3/t7-,8?/m1/s1. The molecule has 0 radical (unpaired) electrons. The van der Waals surface area contributed by atoms with Crippen LogP contribution in [0.3, 0.4) is 0 Å². The maximum Gasteiger partial charge on any atom is 0.150 e. The third-order valence-corrected chi connectivity index (χ3v) is 4.40. The van der Waals surface area contributed by atoms with Crippen LogP contribution in [-0.4, -0.2) is 44.5 Å². The quantitative estimate of drug-likeness (QED) is 0.606. The molecule has 1 rings (SSSR count). The Kier molecular flexibility index (Phi) is 2.78. The van der Waals surface area contributed by atoms with Gasteiger partial charge in [-0.1, -0.05) is 0 Å². The van der Waals surface area contributed by atoms with Gasteiger partial charge in [-0.2, -0.15) is 0 Å². The molecule has 1 unspecified atom stereocenters. The fraction of sp³-hybridized carbons (Fsp3) is 1.00. The van der Waals surface area contributed by atoms with Crippen LogP contribution in [0.1, 0.15) is 19.8 Å². The predicted octanol–water partition coefficient (Wildman–Crippen LogP) is 0.514. The van der Waals surface area contributed by atoms with Crippen LogP contribution in [0.2, 0.25) is 0 Å². The molecule has 0 spiro atoms. The van der Waals surface area contributed by atoms with E-state index in [0.29, 0.717) is 6.04 Å². The Hall–Kier alpha value is -0.0900. The zero-order valence-corrected chi connectivity index (χ0v) is 8.76. The Bertz CT molecular complexity index is 248. The average Bonchev–Trinajstić information content (AvgIpc) is 1.92. The van der Waals surface area contributed by atoms with E-state index in [1.54, 1.807) is 0 Å². The summed E-state index contributed by atoms with van der Waals surface area (Å²) in [6.45, 7) is 2.98. The number of hydrogen-bond donors (Lipinski definition) is 0. The smallest absolute Gasteiger partial charge is 0.150 e. The van der Waals surface area contributed by atoms with E-state index in [1.165, 1.54) is 6.26 Å². The van der Waals surface area contributed by atoms with Gasteiger partial charge >= 0.3 is 0 Å². The molecule has 1 heterocycles. The summed E-state index contributed by atoms with van der Waals surface area (Å²) in [6, 6.07) is 0.401. The molecule has 0 bridgehead atoms. The summed E-state index contributed by atoms with van der Waals surface area (Å²) in [7, 11) is -0.764. The minimum absolute atomic E-state index is 0.108. The van der Waals surface area contributed by atoms with Crippen LogP contribution in [-0.2, 0) is 9.84 Å². The molecule has 0 aliphatic carbocycles. The highest BCUT2D eigenvalue weighted by Gasteiger charge is 2.29. The zero-order valence-electron chi connectivity index (χ0n) is 7.95. The van der Waals surface area contributed by atoms with Crippen molar-refractivity contribution in [2.75, 3.05) is 19.8 Å². The van der Waals surface area contributed by atoms with Gasteiger partial charge in [-0.25, -0.2) is 8.42 Å². The molecule has 1 fully saturated rings. The molecule has 0 saturated carbocycles. The second-order valence-corrected chi connectivity index (χ2v) is 6.13.